The molecule has 0 aromatic carbocycles. The minimum Gasteiger partial charge on any atom is -0.478 e. The fourth-order valence-electron chi connectivity index (χ4n) is 1.29. The van der Waals surface area contributed by atoms with Crippen LogP contribution in [0.4, 0.5) is 5.82 Å². The first kappa shape index (κ1) is 15.4. The number of rotatable bonds is 5. The molecule has 0 aliphatic carbocycles. The van der Waals surface area contributed by atoms with Gasteiger partial charge in [0.05, 0.1) is 4.75 Å². The van der Waals surface area contributed by atoms with Crippen molar-refractivity contribution in [2.45, 2.75) is 25.5 Å². The first-order chi connectivity index (χ1) is 8.54. The standard InChI is InChI=1S/C12H18N2O4S/c1-8-5-6-9(11(15)16)10(14-8)13-7-12(2,3)19(4,17)18/h5-6H,7H2,1-4H3,(H,13,14)(H,15,16). The van der Waals surface area contributed by atoms with Gasteiger partial charge in [-0.2, -0.15) is 0 Å². The van der Waals surface area contributed by atoms with Gasteiger partial charge in [0.15, 0.2) is 9.84 Å². The van der Waals surface area contributed by atoms with Crippen LogP contribution in [-0.2, 0) is 9.84 Å². The van der Waals surface area contributed by atoms with E-state index in [1.54, 1.807) is 26.8 Å². The van der Waals surface area contributed by atoms with Crippen molar-refractivity contribution in [1.29, 1.82) is 0 Å². The van der Waals surface area contributed by atoms with Gasteiger partial charge in [0.2, 0.25) is 0 Å². The number of hydrogen-bond donors (Lipinski definition) is 2. The van der Waals surface area contributed by atoms with Crippen LogP contribution in [0.25, 0.3) is 0 Å². The molecular formula is C12H18N2O4S. The summed E-state index contributed by atoms with van der Waals surface area (Å²) in [5.74, 6) is -0.920. The zero-order valence-corrected chi connectivity index (χ0v) is 12.2. The monoisotopic (exact) mass is 286 g/mol. The highest BCUT2D eigenvalue weighted by atomic mass is 32.2. The van der Waals surface area contributed by atoms with E-state index in [9.17, 15) is 13.2 Å². The lowest BCUT2D eigenvalue weighted by molar-refractivity contribution is 0.0697. The molecule has 0 amide bonds. The van der Waals surface area contributed by atoms with Crippen molar-refractivity contribution in [3.63, 3.8) is 0 Å². The number of pyridine rings is 1. The molecule has 1 heterocycles. The van der Waals surface area contributed by atoms with Crippen LogP contribution in [-0.4, -0.2) is 42.0 Å². The molecule has 0 saturated carbocycles. The molecule has 0 aliphatic rings. The summed E-state index contributed by atoms with van der Waals surface area (Å²) in [6.07, 6.45) is 1.15. The lowest BCUT2D eigenvalue weighted by Crippen LogP contribution is -2.38. The molecule has 0 saturated heterocycles. The number of aromatic carboxylic acids is 1. The topological polar surface area (TPSA) is 96.4 Å². The Kier molecular flexibility index (Phi) is 4.19. The molecule has 2 N–H and O–H groups in total. The number of hydrogen-bond acceptors (Lipinski definition) is 5. The largest absolute Gasteiger partial charge is 0.478 e. The van der Waals surface area contributed by atoms with Gasteiger partial charge in [0, 0.05) is 18.5 Å². The smallest absolute Gasteiger partial charge is 0.339 e. The van der Waals surface area contributed by atoms with E-state index >= 15 is 0 Å². The molecule has 6 nitrogen and oxygen atoms in total. The minimum absolute atomic E-state index is 0.0231. The Bertz CT molecular complexity index is 594. The van der Waals surface area contributed by atoms with Crippen LogP contribution in [0.5, 0.6) is 0 Å². The minimum atomic E-state index is -3.25. The number of carboxylic acids is 1. The van der Waals surface area contributed by atoms with Gasteiger partial charge in [-0.3, -0.25) is 0 Å². The van der Waals surface area contributed by atoms with Crippen molar-refractivity contribution in [2.24, 2.45) is 0 Å². The Labute approximate surface area is 112 Å². The van der Waals surface area contributed by atoms with E-state index in [1.807, 2.05) is 0 Å². The van der Waals surface area contributed by atoms with Gasteiger partial charge in [-0.05, 0) is 32.9 Å². The van der Waals surface area contributed by atoms with Crippen LogP contribution >= 0.6 is 0 Å². The lowest BCUT2D eigenvalue weighted by atomic mass is 10.2. The summed E-state index contributed by atoms with van der Waals surface area (Å²) in [4.78, 5) is 15.1. The number of sulfone groups is 1. The highest BCUT2D eigenvalue weighted by Gasteiger charge is 2.30. The highest BCUT2D eigenvalue weighted by molar-refractivity contribution is 7.92. The van der Waals surface area contributed by atoms with E-state index in [4.69, 9.17) is 5.11 Å². The number of nitrogens with one attached hydrogen (secondary N) is 1. The fourth-order valence-corrected chi connectivity index (χ4v) is 1.63. The second-order valence-electron chi connectivity index (χ2n) is 5.04. The molecule has 0 atom stereocenters. The van der Waals surface area contributed by atoms with E-state index in [0.29, 0.717) is 5.69 Å². The average molecular weight is 286 g/mol. The second kappa shape index (κ2) is 5.16. The molecule has 0 bridgehead atoms. The summed E-state index contributed by atoms with van der Waals surface area (Å²) in [5, 5.41) is 11.9. The van der Waals surface area contributed by atoms with E-state index in [-0.39, 0.29) is 17.9 Å². The Morgan fingerprint density at radius 1 is 1.42 bits per heavy atom. The van der Waals surface area contributed by atoms with Gasteiger partial charge in [-0.15, -0.1) is 0 Å². The van der Waals surface area contributed by atoms with Crippen LogP contribution in [0.15, 0.2) is 12.1 Å². The van der Waals surface area contributed by atoms with Crippen molar-refractivity contribution in [1.82, 2.24) is 4.98 Å². The Morgan fingerprint density at radius 3 is 2.47 bits per heavy atom. The quantitative estimate of drug-likeness (QED) is 0.847. The van der Waals surface area contributed by atoms with Gasteiger partial charge in [-0.25, -0.2) is 18.2 Å². The van der Waals surface area contributed by atoms with E-state index in [1.165, 1.54) is 6.07 Å². The summed E-state index contributed by atoms with van der Waals surface area (Å²) in [6.45, 7) is 4.97. The molecule has 19 heavy (non-hydrogen) atoms. The number of carboxylic acid groups (broad SMARTS) is 1. The number of carbonyl (C=O) groups is 1. The number of aromatic nitrogens is 1. The Balaban J connectivity index is 3.01. The third-order valence-electron chi connectivity index (χ3n) is 2.95. The third-order valence-corrected chi connectivity index (χ3v) is 5.10. The zero-order chi connectivity index (χ0) is 14.8. The van der Waals surface area contributed by atoms with E-state index < -0.39 is 20.6 Å². The number of nitrogens with zero attached hydrogens (tertiary/aromatic N) is 1. The Morgan fingerprint density at radius 2 is 2.00 bits per heavy atom. The van der Waals surface area contributed by atoms with Crippen LogP contribution in [0, 0.1) is 6.92 Å². The molecule has 0 spiro atoms. The van der Waals surface area contributed by atoms with Crippen molar-refractivity contribution >= 4 is 21.6 Å². The first-order valence-corrected chi connectivity index (χ1v) is 7.58. The molecule has 106 valence electrons. The van der Waals surface area contributed by atoms with Gasteiger partial charge in [0.1, 0.15) is 11.4 Å². The predicted molar refractivity (Wildman–Crippen MR) is 73.3 cm³/mol. The van der Waals surface area contributed by atoms with Crippen molar-refractivity contribution in [3.8, 4) is 0 Å². The van der Waals surface area contributed by atoms with Crippen molar-refractivity contribution in [3.05, 3.63) is 23.4 Å². The summed E-state index contributed by atoms with van der Waals surface area (Å²) >= 11 is 0. The molecular weight excluding hydrogens is 268 g/mol. The molecule has 7 heteroatoms. The second-order valence-corrected chi connectivity index (χ2v) is 7.69. The van der Waals surface area contributed by atoms with Gasteiger partial charge < -0.3 is 10.4 Å². The zero-order valence-electron chi connectivity index (χ0n) is 11.4. The molecule has 0 radical (unpaired) electrons. The Hall–Kier alpha value is -1.63. The average Bonchev–Trinajstić information content (AvgIpc) is 2.24. The summed E-state index contributed by atoms with van der Waals surface area (Å²) in [7, 11) is -3.25. The van der Waals surface area contributed by atoms with Gasteiger partial charge in [-0.1, -0.05) is 0 Å². The molecule has 0 fully saturated rings. The molecule has 1 aromatic rings. The van der Waals surface area contributed by atoms with Gasteiger partial charge >= 0.3 is 5.97 Å². The number of aryl methyl sites for hydroxylation is 1. The predicted octanol–water partition coefficient (Wildman–Crippen LogP) is 1.32. The SMILES string of the molecule is Cc1ccc(C(=O)O)c(NCC(C)(C)S(C)(=O)=O)n1. The maximum atomic E-state index is 11.6. The third kappa shape index (κ3) is 3.66. The van der Waals surface area contributed by atoms with Crippen LogP contribution in [0.1, 0.15) is 29.9 Å². The highest BCUT2D eigenvalue weighted by Crippen LogP contribution is 2.18. The lowest BCUT2D eigenvalue weighted by Gasteiger charge is -2.23. The number of anilines is 1. The summed E-state index contributed by atoms with van der Waals surface area (Å²) in [5.41, 5.74) is 0.680. The van der Waals surface area contributed by atoms with E-state index in [2.05, 4.69) is 10.3 Å². The van der Waals surface area contributed by atoms with Gasteiger partial charge in [0.25, 0.3) is 0 Å². The van der Waals surface area contributed by atoms with Crippen LogP contribution in [0.3, 0.4) is 0 Å². The van der Waals surface area contributed by atoms with E-state index in [0.717, 1.165) is 6.26 Å². The van der Waals surface area contributed by atoms with Crippen LogP contribution in [0.2, 0.25) is 0 Å². The molecule has 0 unspecified atom stereocenters. The molecule has 0 aliphatic heterocycles. The maximum Gasteiger partial charge on any atom is 0.339 e. The van der Waals surface area contributed by atoms with Crippen LogP contribution < -0.4 is 5.32 Å². The van der Waals surface area contributed by atoms with Crippen molar-refractivity contribution < 1.29 is 18.3 Å². The molecule has 1 rings (SSSR count). The maximum absolute atomic E-state index is 11.6. The summed E-state index contributed by atoms with van der Waals surface area (Å²) < 4.78 is 22.2. The molecule has 1 aromatic heterocycles. The normalized spacial score (nSPS) is 12.2. The fraction of sp³-hybridized carbons (Fsp3) is 0.500. The van der Waals surface area contributed by atoms with Crippen molar-refractivity contribution in [2.75, 3.05) is 18.1 Å². The first-order valence-electron chi connectivity index (χ1n) is 5.69. The summed E-state index contributed by atoms with van der Waals surface area (Å²) in [6, 6.07) is 3.04.